The number of hydrogen-bond acceptors (Lipinski definition) is 4. The van der Waals surface area contributed by atoms with Gasteiger partial charge in [0.25, 0.3) is 0 Å². The normalized spacial score (nSPS) is 16.6. The number of benzene rings is 2. The van der Waals surface area contributed by atoms with E-state index in [0.29, 0.717) is 49.3 Å². The van der Waals surface area contributed by atoms with E-state index in [0.717, 1.165) is 4.47 Å². The van der Waals surface area contributed by atoms with Crippen molar-refractivity contribution < 1.29 is 12.8 Å². The maximum absolute atomic E-state index is 14.0. The van der Waals surface area contributed by atoms with Gasteiger partial charge in [0.1, 0.15) is 5.82 Å². The number of H-pyrrole nitrogens is 2. The second kappa shape index (κ2) is 7.43. The number of imidazole rings is 1. The highest BCUT2D eigenvalue weighted by atomic mass is 79.9. The SMILES string of the molecule is O=c1[nH]c2ccc(S(=O)(=O)N3CCN(Cc4cc(Br)ccc4F)CC3)cc2[nH]1. The smallest absolute Gasteiger partial charge is 0.306 e. The number of piperazine rings is 1. The first-order valence-electron chi connectivity index (χ1n) is 8.71. The van der Waals surface area contributed by atoms with E-state index in [4.69, 9.17) is 0 Å². The Kier molecular flexibility index (Phi) is 5.13. The first-order chi connectivity index (χ1) is 13.3. The molecule has 2 aromatic carbocycles. The summed E-state index contributed by atoms with van der Waals surface area (Å²) in [7, 11) is -3.67. The van der Waals surface area contributed by atoms with Gasteiger partial charge in [-0.15, -0.1) is 0 Å². The molecule has 148 valence electrons. The average molecular weight is 469 g/mol. The lowest BCUT2D eigenvalue weighted by atomic mass is 10.2. The molecule has 0 atom stereocenters. The zero-order valence-electron chi connectivity index (χ0n) is 14.8. The highest BCUT2D eigenvalue weighted by Gasteiger charge is 2.29. The molecule has 0 radical (unpaired) electrons. The van der Waals surface area contributed by atoms with Crippen molar-refractivity contribution in [3.63, 3.8) is 0 Å². The molecule has 28 heavy (non-hydrogen) atoms. The van der Waals surface area contributed by atoms with Gasteiger partial charge in [0.05, 0.1) is 15.9 Å². The summed E-state index contributed by atoms with van der Waals surface area (Å²) in [5.41, 5.74) is 1.21. The van der Waals surface area contributed by atoms with E-state index in [-0.39, 0.29) is 16.4 Å². The minimum absolute atomic E-state index is 0.140. The molecule has 10 heteroatoms. The monoisotopic (exact) mass is 468 g/mol. The van der Waals surface area contributed by atoms with Crippen LogP contribution >= 0.6 is 15.9 Å². The molecular formula is C18H18BrFN4O3S. The number of rotatable bonds is 4. The summed E-state index contributed by atoms with van der Waals surface area (Å²) < 4.78 is 42.1. The number of fused-ring (bicyclic) bond motifs is 1. The number of aromatic amines is 2. The van der Waals surface area contributed by atoms with Crippen LogP contribution in [0.5, 0.6) is 0 Å². The molecule has 2 heterocycles. The zero-order valence-corrected chi connectivity index (χ0v) is 17.2. The molecule has 0 amide bonds. The van der Waals surface area contributed by atoms with E-state index in [1.807, 2.05) is 4.90 Å². The minimum Gasteiger partial charge on any atom is -0.306 e. The van der Waals surface area contributed by atoms with E-state index < -0.39 is 10.0 Å². The van der Waals surface area contributed by atoms with Crippen molar-refractivity contribution in [1.29, 1.82) is 0 Å². The molecule has 4 rings (SSSR count). The molecule has 0 spiro atoms. The van der Waals surface area contributed by atoms with Crippen molar-refractivity contribution in [2.24, 2.45) is 0 Å². The fourth-order valence-corrected chi connectivity index (χ4v) is 5.21. The summed E-state index contributed by atoms with van der Waals surface area (Å²) in [4.78, 5) is 18.7. The van der Waals surface area contributed by atoms with E-state index in [1.54, 1.807) is 18.2 Å². The molecule has 1 aliphatic heterocycles. The van der Waals surface area contributed by atoms with Crippen molar-refractivity contribution >= 4 is 37.0 Å². The molecule has 0 saturated carbocycles. The number of hydrogen-bond donors (Lipinski definition) is 2. The van der Waals surface area contributed by atoms with Gasteiger partial charge in [0.15, 0.2) is 0 Å². The Balaban J connectivity index is 1.47. The second-order valence-electron chi connectivity index (χ2n) is 6.70. The van der Waals surface area contributed by atoms with Crippen molar-refractivity contribution in [3.8, 4) is 0 Å². The highest BCUT2D eigenvalue weighted by Crippen LogP contribution is 2.22. The molecule has 1 aliphatic rings. The van der Waals surface area contributed by atoms with Gasteiger partial charge >= 0.3 is 5.69 Å². The minimum atomic E-state index is -3.67. The largest absolute Gasteiger partial charge is 0.323 e. The van der Waals surface area contributed by atoms with Crippen LogP contribution in [0.2, 0.25) is 0 Å². The average Bonchev–Trinajstić information content (AvgIpc) is 3.04. The van der Waals surface area contributed by atoms with Gasteiger partial charge in [-0.2, -0.15) is 4.31 Å². The van der Waals surface area contributed by atoms with Crippen LogP contribution in [-0.2, 0) is 16.6 Å². The predicted molar refractivity (Wildman–Crippen MR) is 107 cm³/mol. The van der Waals surface area contributed by atoms with Gasteiger partial charge in [-0.05, 0) is 36.4 Å². The Morgan fingerprint density at radius 2 is 1.71 bits per heavy atom. The third-order valence-electron chi connectivity index (χ3n) is 4.86. The first-order valence-corrected chi connectivity index (χ1v) is 10.9. The topological polar surface area (TPSA) is 89.3 Å². The van der Waals surface area contributed by atoms with E-state index in [9.17, 15) is 17.6 Å². The van der Waals surface area contributed by atoms with Gasteiger partial charge in [0, 0.05) is 42.8 Å². The zero-order chi connectivity index (χ0) is 19.9. The lowest BCUT2D eigenvalue weighted by Gasteiger charge is -2.34. The van der Waals surface area contributed by atoms with Crippen LogP contribution in [0.1, 0.15) is 5.56 Å². The van der Waals surface area contributed by atoms with Gasteiger partial charge in [-0.25, -0.2) is 17.6 Å². The van der Waals surface area contributed by atoms with Crippen molar-refractivity contribution in [1.82, 2.24) is 19.2 Å². The lowest BCUT2D eigenvalue weighted by Crippen LogP contribution is -2.48. The summed E-state index contributed by atoms with van der Waals surface area (Å²) in [6, 6.07) is 9.34. The maximum atomic E-state index is 14.0. The number of aromatic nitrogens is 2. The molecule has 0 unspecified atom stereocenters. The van der Waals surface area contributed by atoms with E-state index >= 15 is 0 Å². The fraction of sp³-hybridized carbons (Fsp3) is 0.278. The molecule has 0 aliphatic carbocycles. The van der Waals surface area contributed by atoms with Crippen molar-refractivity contribution in [2.45, 2.75) is 11.4 Å². The first kappa shape index (κ1) is 19.3. The Morgan fingerprint density at radius 1 is 1.00 bits per heavy atom. The molecule has 7 nitrogen and oxygen atoms in total. The summed E-state index contributed by atoms with van der Waals surface area (Å²) in [6.07, 6.45) is 0. The van der Waals surface area contributed by atoms with Gasteiger partial charge in [0.2, 0.25) is 10.0 Å². The summed E-state index contributed by atoms with van der Waals surface area (Å²) in [5.74, 6) is -0.271. The molecular weight excluding hydrogens is 451 g/mol. The van der Waals surface area contributed by atoms with Gasteiger partial charge < -0.3 is 9.97 Å². The Morgan fingerprint density at radius 3 is 2.46 bits per heavy atom. The van der Waals surface area contributed by atoms with Crippen LogP contribution < -0.4 is 5.69 Å². The number of nitrogens with one attached hydrogen (secondary N) is 2. The number of nitrogens with zero attached hydrogens (tertiary/aromatic N) is 2. The Hall–Kier alpha value is -2.01. The Bertz CT molecular complexity index is 1180. The molecule has 1 saturated heterocycles. The van der Waals surface area contributed by atoms with Crippen LogP contribution in [0.3, 0.4) is 0 Å². The third kappa shape index (κ3) is 3.77. The van der Waals surface area contributed by atoms with E-state index in [1.165, 1.54) is 22.5 Å². The quantitative estimate of drug-likeness (QED) is 0.614. The number of sulfonamides is 1. The summed E-state index contributed by atoms with van der Waals surface area (Å²) >= 11 is 3.34. The molecule has 3 aromatic rings. The summed E-state index contributed by atoms with van der Waals surface area (Å²) in [6.45, 7) is 2.08. The van der Waals surface area contributed by atoms with Crippen LogP contribution in [0, 0.1) is 5.82 Å². The van der Waals surface area contributed by atoms with Crippen LogP contribution in [-0.4, -0.2) is 53.8 Å². The Labute approximate surface area is 169 Å². The molecule has 1 aromatic heterocycles. The number of halogens is 2. The second-order valence-corrected chi connectivity index (χ2v) is 9.56. The lowest BCUT2D eigenvalue weighted by molar-refractivity contribution is 0.180. The molecule has 1 fully saturated rings. The van der Waals surface area contributed by atoms with Crippen LogP contribution in [0.15, 0.2) is 50.6 Å². The standard InChI is InChI=1S/C18H18BrFN4O3S/c19-13-1-3-15(20)12(9-13)11-23-5-7-24(8-6-23)28(26,27)14-2-4-16-17(10-14)22-18(25)21-16/h1-4,9-10H,5-8,11H2,(H2,21,22,25). The van der Waals surface area contributed by atoms with Crippen molar-refractivity contribution in [2.75, 3.05) is 26.2 Å². The van der Waals surface area contributed by atoms with Gasteiger partial charge in [-0.1, -0.05) is 15.9 Å². The van der Waals surface area contributed by atoms with Crippen LogP contribution in [0.25, 0.3) is 11.0 Å². The maximum Gasteiger partial charge on any atom is 0.323 e. The molecule has 0 bridgehead atoms. The predicted octanol–water partition coefficient (Wildman–Crippen LogP) is 2.26. The fourth-order valence-electron chi connectivity index (χ4n) is 3.35. The molecule has 2 N–H and O–H groups in total. The summed E-state index contributed by atoms with van der Waals surface area (Å²) in [5, 5.41) is 0. The van der Waals surface area contributed by atoms with Crippen LogP contribution in [0.4, 0.5) is 4.39 Å². The van der Waals surface area contributed by atoms with E-state index in [2.05, 4.69) is 25.9 Å². The van der Waals surface area contributed by atoms with Gasteiger partial charge in [-0.3, -0.25) is 4.90 Å². The third-order valence-corrected chi connectivity index (χ3v) is 7.25. The highest BCUT2D eigenvalue weighted by molar-refractivity contribution is 9.10. The van der Waals surface area contributed by atoms with Crippen molar-refractivity contribution in [3.05, 3.63) is 62.7 Å².